The number of fused-ring (bicyclic) bond motifs is 10. The molecular weight excluding hydrogens is 480 g/mol. The van der Waals surface area contributed by atoms with E-state index in [4.69, 9.17) is 4.74 Å². The Kier molecular flexibility index (Phi) is 8.84. The minimum Gasteiger partial charge on any atom is -0.483 e. The summed E-state index contributed by atoms with van der Waals surface area (Å²) in [7, 11) is 1.91. The standard InChI is InChI=1S/C30H38N4O4/c1-5-6-12-24-30(37)34(19-33(24)4)26-27(22-10-8-7-9-11-22)38-23-15-13-21(14-16-23)17-18-31-28(35)25(20(2)3)32-29(26)36/h7-11,13-18,20,24-27H,5-6,12,19H2,1-4H3,(H,31,35)(H,32,36)/b18-17-/t24?,25-,26-,27+/m0/s1. The molecule has 8 heteroatoms. The van der Waals surface area contributed by atoms with Crippen LogP contribution in [0.5, 0.6) is 5.75 Å². The summed E-state index contributed by atoms with van der Waals surface area (Å²) < 4.78 is 6.52. The predicted octanol–water partition coefficient (Wildman–Crippen LogP) is 3.71. The lowest BCUT2D eigenvalue weighted by molar-refractivity contribution is -0.143. The SMILES string of the molecule is CCCCC1C(=O)N([C@@H]2C(=O)N[C@@H](C(C)C)C(=O)N/C=C\c3ccc(cc3)O[C@@H]2c2ccccc2)CN1C. The highest BCUT2D eigenvalue weighted by atomic mass is 16.5. The monoisotopic (exact) mass is 518 g/mol. The van der Waals surface area contributed by atoms with Gasteiger partial charge in [-0.25, -0.2) is 0 Å². The number of carbonyl (C=O) groups excluding carboxylic acids is 3. The zero-order valence-electron chi connectivity index (χ0n) is 22.6. The van der Waals surface area contributed by atoms with Crippen LogP contribution in [0.2, 0.25) is 0 Å². The number of benzene rings is 2. The molecule has 0 radical (unpaired) electrons. The van der Waals surface area contributed by atoms with E-state index >= 15 is 0 Å². The smallest absolute Gasteiger partial charge is 0.247 e. The van der Waals surface area contributed by atoms with Crippen molar-refractivity contribution >= 4 is 23.8 Å². The van der Waals surface area contributed by atoms with Crippen molar-refractivity contribution in [3.05, 3.63) is 71.9 Å². The van der Waals surface area contributed by atoms with E-state index in [9.17, 15) is 14.4 Å². The van der Waals surface area contributed by atoms with Gasteiger partial charge in [-0.15, -0.1) is 0 Å². The Labute approximate surface area is 225 Å². The van der Waals surface area contributed by atoms with Gasteiger partial charge in [0.25, 0.3) is 0 Å². The first-order valence-electron chi connectivity index (χ1n) is 13.4. The van der Waals surface area contributed by atoms with Crippen molar-refractivity contribution in [2.75, 3.05) is 13.7 Å². The van der Waals surface area contributed by atoms with Crippen LogP contribution in [0.1, 0.15) is 57.3 Å². The molecule has 5 rings (SSSR count). The Balaban J connectivity index is 1.82. The first-order chi connectivity index (χ1) is 18.3. The van der Waals surface area contributed by atoms with Gasteiger partial charge >= 0.3 is 0 Å². The van der Waals surface area contributed by atoms with E-state index in [0.29, 0.717) is 5.75 Å². The number of amides is 3. The first-order valence-corrected chi connectivity index (χ1v) is 13.4. The van der Waals surface area contributed by atoms with Gasteiger partial charge in [-0.05, 0) is 48.7 Å². The summed E-state index contributed by atoms with van der Waals surface area (Å²) in [6, 6.07) is 14.8. The summed E-state index contributed by atoms with van der Waals surface area (Å²) in [4.78, 5) is 44.6. The fraction of sp³-hybridized carbons (Fsp3) is 0.433. The molecule has 3 amide bonds. The Morgan fingerprint density at radius 2 is 1.71 bits per heavy atom. The maximum absolute atomic E-state index is 14.1. The number of rotatable bonds is 6. The lowest BCUT2D eigenvalue weighted by Gasteiger charge is -2.35. The summed E-state index contributed by atoms with van der Waals surface area (Å²) >= 11 is 0. The summed E-state index contributed by atoms with van der Waals surface area (Å²) in [5, 5.41) is 5.75. The van der Waals surface area contributed by atoms with Crippen LogP contribution in [-0.4, -0.2) is 59.4 Å². The highest BCUT2D eigenvalue weighted by molar-refractivity contribution is 5.94. The highest BCUT2D eigenvalue weighted by Crippen LogP contribution is 2.32. The fourth-order valence-corrected chi connectivity index (χ4v) is 5.04. The van der Waals surface area contributed by atoms with Gasteiger partial charge in [-0.1, -0.05) is 76.1 Å². The number of carbonyl (C=O) groups is 3. The maximum atomic E-state index is 14.1. The number of hydrogen-bond acceptors (Lipinski definition) is 5. The average Bonchev–Trinajstić information content (AvgIpc) is 3.18. The third kappa shape index (κ3) is 6.07. The van der Waals surface area contributed by atoms with Crippen molar-refractivity contribution in [3.63, 3.8) is 0 Å². The molecule has 3 aliphatic heterocycles. The Morgan fingerprint density at radius 3 is 2.37 bits per heavy atom. The number of likely N-dealkylation sites (N-methyl/N-ethyl adjacent to an activating group) is 1. The minimum atomic E-state index is -0.994. The Bertz CT molecular complexity index is 1150. The van der Waals surface area contributed by atoms with Gasteiger partial charge in [0.05, 0.1) is 12.7 Å². The molecule has 1 unspecified atom stereocenters. The summed E-state index contributed by atoms with van der Waals surface area (Å²) in [5.74, 6) is -0.443. The third-order valence-electron chi connectivity index (χ3n) is 7.22. The van der Waals surface area contributed by atoms with E-state index in [1.807, 2.05) is 80.4 Å². The molecule has 0 saturated carbocycles. The van der Waals surface area contributed by atoms with Crippen LogP contribution < -0.4 is 15.4 Å². The number of hydrogen-bond donors (Lipinski definition) is 2. The molecule has 8 nitrogen and oxygen atoms in total. The fourth-order valence-electron chi connectivity index (χ4n) is 5.04. The van der Waals surface area contributed by atoms with E-state index in [1.54, 1.807) is 17.2 Å². The molecule has 0 aliphatic carbocycles. The van der Waals surface area contributed by atoms with Crippen LogP contribution in [0.4, 0.5) is 0 Å². The van der Waals surface area contributed by atoms with Crippen molar-refractivity contribution in [2.24, 2.45) is 5.92 Å². The molecule has 3 aliphatic rings. The van der Waals surface area contributed by atoms with Crippen molar-refractivity contribution in [1.29, 1.82) is 0 Å². The normalized spacial score (nSPS) is 25.6. The average molecular weight is 519 g/mol. The molecule has 2 N–H and O–H groups in total. The largest absolute Gasteiger partial charge is 0.483 e. The van der Waals surface area contributed by atoms with E-state index in [0.717, 1.165) is 30.4 Å². The van der Waals surface area contributed by atoms with Gasteiger partial charge < -0.3 is 20.3 Å². The molecule has 38 heavy (non-hydrogen) atoms. The van der Waals surface area contributed by atoms with Gasteiger partial charge in [0.1, 0.15) is 11.8 Å². The lowest BCUT2D eigenvalue weighted by Crippen LogP contribution is -2.58. The van der Waals surface area contributed by atoms with Gasteiger partial charge in [0, 0.05) is 6.20 Å². The van der Waals surface area contributed by atoms with Crippen LogP contribution in [0.3, 0.4) is 0 Å². The minimum absolute atomic E-state index is 0.101. The van der Waals surface area contributed by atoms with Gasteiger partial charge in [0.15, 0.2) is 12.1 Å². The summed E-state index contributed by atoms with van der Waals surface area (Å²) in [6.07, 6.45) is 5.19. The molecule has 1 fully saturated rings. The second-order valence-corrected chi connectivity index (χ2v) is 10.4. The predicted molar refractivity (Wildman–Crippen MR) is 147 cm³/mol. The van der Waals surface area contributed by atoms with Crippen molar-refractivity contribution in [3.8, 4) is 5.75 Å². The van der Waals surface area contributed by atoms with Crippen molar-refractivity contribution < 1.29 is 19.1 Å². The second-order valence-electron chi connectivity index (χ2n) is 10.4. The molecular formula is C30H38N4O4. The van der Waals surface area contributed by atoms with Crippen LogP contribution >= 0.6 is 0 Å². The van der Waals surface area contributed by atoms with Gasteiger partial charge in [-0.3, -0.25) is 19.3 Å². The molecule has 3 heterocycles. The summed E-state index contributed by atoms with van der Waals surface area (Å²) in [5.41, 5.74) is 1.66. The molecule has 0 aromatic heterocycles. The van der Waals surface area contributed by atoms with Crippen molar-refractivity contribution in [2.45, 2.75) is 64.3 Å². The molecule has 1 saturated heterocycles. The zero-order valence-corrected chi connectivity index (χ0v) is 22.6. The van der Waals surface area contributed by atoms with Crippen molar-refractivity contribution in [1.82, 2.24) is 20.4 Å². The quantitative estimate of drug-likeness (QED) is 0.609. The number of ether oxygens (including phenoxy) is 1. The second kappa shape index (κ2) is 12.3. The molecule has 2 aromatic rings. The molecule has 0 spiro atoms. The molecule has 2 bridgehead atoms. The first kappa shape index (κ1) is 27.4. The van der Waals surface area contributed by atoms with E-state index in [1.165, 1.54) is 0 Å². The Morgan fingerprint density at radius 1 is 1.00 bits per heavy atom. The van der Waals surface area contributed by atoms with Crippen LogP contribution in [-0.2, 0) is 14.4 Å². The summed E-state index contributed by atoms with van der Waals surface area (Å²) in [6.45, 7) is 6.15. The number of nitrogens with zero attached hydrogens (tertiary/aromatic N) is 2. The van der Waals surface area contributed by atoms with Gasteiger partial charge in [-0.2, -0.15) is 0 Å². The Hall–Kier alpha value is -3.65. The van der Waals surface area contributed by atoms with E-state index < -0.39 is 24.1 Å². The molecule has 202 valence electrons. The molecule has 2 aromatic carbocycles. The number of unbranched alkanes of at least 4 members (excludes halogenated alkanes) is 1. The lowest BCUT2D eigenvalue weighted by atomic mass is 9.97. The number of nitrogens with one attached hydrogen (secondary N) is 2. The van der Waals surface area contributed by atoms with Crippen LogP contribution in [0.15, 0.2) is 60.8 Å². The van der Waals surface area contributed by atoms with Crippen LogP contribution in [0, 0.1) is 5.92 Å². The third-order valence-corrected chi connectivity index (χ3v) is 7.22. The maximum Gasteiger partial charge on any atom is 0.247 e. The van der Waals surface area contributed by atoms with Gasteiger partial charge in [0.2, 0.25) is 17.7 Å². The topological polar surface area (TPSA) is 91.0 Å². The molecule has 4 atom stereocenters. The van der Waals surface area contributed by atoms with E-state index in [2.05, 4.69) is 17.6 Å². The highest BCUT2D eigenvalue weighted by Gasteiger charge is 2.47. The zero-order chi connectivity index (χ0) is 27.2. The van der Waals surface area contributed by atoms with Crippen LogP contribution in [0.25, 0.3) is 6.08 Å². The van der Waals surface area contributed by atoms with E-state index in [-0.39, 0.29) is 30.4 Å².